The lowest BCUT2D eigenvalue weighted by atomic mass is 10.1. The fourth-order valence-corrected chi connectivity index (χ4v) is 2.40. The standard InChI is InChI=1S/C16H20N2O2/c1-12-4-6-13(7-5-12)16-9-15(18-20-16)10-17-14-3-2-8-19-11-14/h4-7,9,14,17H,2-3,8,10-11H2,1H3/t14-/m1/s1. The minimum absolute atomic E-state index is 0.434. The maximum absolute atomic E-state index is 5.45. The molecular formula is C16H20N2O2. The number of aromatic nitrogens is 1. The molecule has 0 aliphatic carbocycles. The van der Waals surface area contributed by atoms with Crippen molar-refractivity contribution in [3.8, 4) is 11.3 Å². The molecule has 1 fully saturated rings. The van der Waals surface area contributed by atoms with E-state index in [4.69, 9.17) is 9.26 Å². The van der Waals surface area contributed by atoms with Gasteiger partial charge in [0.2, 0.25) is 0 Å². The van der Waals surface area contributed by atoms with E-state index in [-0.39, 0.29) is 0 Å². The Hall–Kier alpha value is -1.65. The van der Waals surface area contributed by atoms with Crippen molar-refractivity contribution in [2.75, 3.05) is 13.2 Å². The topological polar surface area (TPSA) is 47.3 Å². The van der Waals surface area contributed by atoms with Crippen LogP contribution in [0, 0.1) is 6.92 Å². The molecule has 4 nitrogen and oxygen atoms in total. The Morgan fingerprint density at radius 1 is 1.30 bits per heavy atom. The minimum atomic E-state index is 0.434. The molecule has 1 N–H and O–H groups in total. The molecule has 0 unspecified atom stereocenters. The summed E-state index contributed by atoms with van der Waals surface area (Å²) in [6.07, 6.45) is 2.30. The van der Waals surface area contributed by atoms with E-state index >= 15 is 0 Å². The molecule has 1 aliphatic heterocycles. The molecule has 1 saturated heterocycles. The minimum Gasteiger partial charge on any atom is -0.380 e. The van der Waals surface area contributed by atoms with Gasteiger partial charge in [-0.15, -0.1) is 0 Å². The van der Waals surface area contributed by atoms with Gasteiger partial charge in [0.15, 0.2) is 5.76 Å². The molecule has 1 aliphatic rings. The van der Waals surface area contributed by atoms with Gasteiger partial charge in [0.1, 0.15) is 0 Å². The summed E-state index contributed by atoms with van der Waals surface area (Å²) in [7, 11) is 0. The van der Waals surface area contributed by atoms with E-state index in [0.29, 0.717) is 6.04 Å². The van der Waals surface area contributed by atoms with Gasteiger partial charge in [-0.1, -0.05) is 35.0 Å². The van der Waals surface area contributed by atoms with Crippen molar-refractivity contribution < 1.29 is 9.26 Å². The fourth-order valence-electron chi connectivity index (χ4n) is 2.40. The van der Waals surface area contributed by atoms with Crippen LogP contribution >= 0.6 is 0 Å². The third-order valence-corrected chi connectivity index (χ3v) is 3.63. The van der Waals surface area contributed by atoms with Crippen molar-refractivity contribution in [1.29, 1.82) is 0 Å². The van der Waals surface area contributed by atoms with Crippen LogP contribution in [0.4, 0.5) is 0 Å². The number of hydrogen-bond acceptors (Lipinski definition) is 4. The molecule has 1 aromatic heterocycles. The number of benzene rings is 1. The third-order valence-electron chi connectivity index (χ3n) is 3.63. The Kier molecular flexibility index (Phi) is 4.14. The number of nitrogens with zero attached hydrogens (tertiary/aromatic N) is 1. The lowest BCUT2D eigenvalue weighted by Crippen LogP contribution is -2.36. The second-order valence-corrected chi connectivity index (χ2v) is 5.34. The quantitative estimate of drug-likeness (QED) is 0.929. The van der Waals surface area contributed by atoms with Crippen LogP contribution in [0.3, 0.4) is 0 Å². The summed E-state index contributed by atoms with van der Waals surface area (Å²) in [6.45, 7) is 4.48. The monoisotopic (exact) mass is 272 g/mol. The number of rotatable bonds is 4. The number of ether oxygens (including phenoxy) is 1. The van der Waals surface area contributed by atoms with Crippen LogP contribution in [-0.2, 0) is 11.3 Å². The molecule has 0 saturated carbocycles. The molecule has 0 spiro atoms. The molecule has 106 valence electrons. The van der Waals surface area contributed by atoms with Gasteiger partial charge in [0, 0.05) is 30.8 Å². The van der Waals surface area contributed by atoms with Crippen LogP contribution < -0.4 is 5.32 Å². The largest absolute Gasteiger partial charge is 0.380 e. The van der Waals surface area contributed by atoms with Gasteiger partial charge in [-0.25, -0.2) is 0 Å². The number of hydrogen-bond donors (Lipinski definition) is 1. The Bertz CT molecular complexity index is 542. The van der Waals surface area contributed by atoms with Crippen LogP contribution in [0.15, 0.2) is 34.9 Å². The number of aryl methyl sites for hydroxylation is 1. The first-order valence-electron chi connectivity index (χ1n) is 7.15. The van der Waals surface area contributed by atoms with Crippen molar-refractivity contribution in [2.24, 2.45) is 0 Å². The van der Waals surface area contributed by atoms with Crippen molar-refractivity contribution in [1.82, 2.24) is 10.5 Å². The molecule has 1 atom stereocenters. The molecule has 0 radical (unpaired) electrons. The second-order valence-electron chi connectivity index (χ2n) is 5.34. The van der Waals surface area contributed by atoms with E-state index in [0.717, 1.165) is 43.2 Å². The van der Waals surface area contributed by atoms with Gasteiger partial charge >= 0.3 is 0 Å². The maximum Gasteiger partial charge on any atom is 0.167 e. The summed E-state index contributed by atoms with van der Waals surface area (Å²) in [6, 6.07) is 10.7. The van der Waals surface area contributed by atoms with Crippen molar-refractivity contribution in [2.45, 2.75) is 32.4 Å². The molecule has 0 amide bonds. The van der Waals surface area contributed by atoms with E-state index in [9.17, 15) is 0 Å². The lowest BCUT2D eigenvalue weighted by Gasteiger charge is -2.22. The highest BCUT2D eigenvalue weighted by Gasteiger charge is 2.14. The normalized spacial score (nSPS) is 19.1. The van der Waals surface area contributed by atoms with Crippen LogP contribution in [0.25, 0.3) is 11.3 Å². The summed E-state index contributed by atoms with van der Waals surface area (Å²) in [5, 5.41) is 7.59. The molecule has 0 bridgehead atoms. The summed E-state index contributed by atoms with van der Waals surface area (Å²) in [5.41, 5.74) is 3.24. The third kappa shape index (κ3) is 3.26. The molecule has 4 heteroatoms. The van der Waals surface area contributed by atoms with Crippen LogP contribution in [0.5, 0.6) is 0 Å². The zero-order valence-corrected chi connectivity index (χ0v) is 11.8. The highest BCUT2D eigenvalue weighted by Crippen LogP contribution is 2.20. The van der Waals surface area contributed by atoms with Gasteiger partial charge in [-0.2, -0.15) is 0 Å². The molecule has 2 heterocycles. The highest BCUT2D eigenvalue weighted by atomic mass is 16.5. The highest BCUT2D eigenvalue weighted by molar-refractivity contribution is 5.57. The molecule has 2 aromatic rings. The maximum atomic E-state index is 5.45. The van der Waals surface area contributed by atoms with Crippen molar-refractivity contribution in [3.63, 3.8) is 0 Å². The van der Waals surface area contributed by atoms with E-state index in [1.54, 1.807) is 0 Å². The first-order valence-corrected chi connectivity index (χ1v) is 7.15. The predicted octanol–water partition coefficient (Wildman–Crippen LogP) is 2.92. The van der Waals surface area contributed by atoms with Gasteiger partial charge in [-0.05, 0) is 19.8 Å². The zero-order chi connectivity index (χ0) is 13.8. The van der Waals surface area contributed by atoms with Gasteiger partial charge in [0.05, 0.1) is 12.3 Å². The Morgan fingerprint density at radius 3 is 2.90 bits per heavy atom. The Morgan fingerprint density at radius 2 is 2.15 bits per heavy atom. The second kappa shape index (κ2) is 6.20. The first-order chi connectivity index (χ1) is 9.81. The summed E-state index contributed by atoms with van der Waals surface area (Å²) < 4.78 is 10.9. The number of nitrogens with one attached hydrogen (secondary N) is 1. The first kappa shape index (κ1) is 13.3. The fraction of sp³-hybridized carbons (Fsp3) is 0.438. The van der Waals surface area contributed by atoms with Crippen LogP contribution in [-0.4, -0.2) is 24.4 Å². The van der Waals surface area contributed by atoms with Gasteiger partial charge in [-0.3, -0.25) is 0 Å². The summed E-state index contributed by atoms with van der Waals surface area (Å²) in [4.78, 5) is 0. The van der Waals surface area contributed by atoms with Crippen LogP contribution in [0.1, 0.15) is 24.1 Å². The van der Waals surface area contributed by atoms with Gasteiger partial charge in [0.25, 0.3) is 0 Å². The van der Waals surface area contributed by atoms with E-state index < -0.39 is 0 Å². The Labute approximate surface area is 119 Å². The summed E-state index contributed by atoms with van der Waals surface area (Å²) >= 11 is 0. The lowest BCUT2D eigenvalue weighted by molar-refractivity contribution is 0.0697. The van der Waals surface area contributed by atoms with Crippen LogP contribution in [0.2, 0.25) is 0 Å². The Balaban J connectivity index is 1.60. The van der Waals surface area contributed by atoms with E-state index in [1.165, 1.54) is 12.0 Å². The van der Waals surface area contributed by atoms with E-state index in [2.05, 4.69) is 41.7 Å². The average Bonchev–Trinajstić information content (AvgIpc) is 2.96. The smallest absolute Gasteiger partial charge is 0.167 e. The van der Waals surface area contributed by atoms with Gasteiger partial charge < -0.3 is 14.6 Å². The van der Waals surface area contributed by atoms with E-state index in [1.807, 2.05) is 6.07 Å². The van der Waals surface area contributed by atoms with Crippen molar-refractivity contribution >= 4 is 0 Å². The molecule has 20 heavy (non-hydrogen) atoms. The SMILES string of the molecule is Cc1ccc(-c2cc(CN[C@@H]3CCCOC3)no2)cc1. The predicted molar refractivity (Wildman–Crippen MR) is 77.4 cm³/mol. The average molecular weight is 272 g/mol. The zero-order valence-electron chi connectivity index (χ0n) is 11.8. The molecule has 1 aromatic carbocycles. The molecular weight excluding hydrogens is 252 g/mol. The molecule has 3 rings (SSSR count). The van der Waals surface area contributed by atoms with Crippen molar-refractivity contribution in [3.05, 3.63) is 41.6 Å². The summed E-state index contributed by atoms with van der Waals surface area (Å²) in [5.74, 6) is 0.821.